The van der Waals surface area contributed by atoms with E-state index in [1.54, 1.807) is 0 Å². The van der Waals surface area contributed by atoms with E-state index in [2.05, 4.69) is 6.92 Å². The third kappa shape index (κ3) is 14.6. The molecule has 0 aromatic rings. The number of aliphatic hydroxyl groups is 1. The number of rotatable bonds is 9. The average Bonchev–Trinajstić information content (AvgIpc) is 2.32. The molecule has 0 aliphatic rings. The van der Waals surface area contributed by atoms with E-state index in [9.17, 15) is 0 Å². The summed E-state index contributed by atoms with van der Waals surface area (Å²) in [5.41, 5.74) is 0. The SMILES string of the molecule is CCC(OCCCO)C(CCl)CCCl.O=[P+](O)O. The van der Waals surface area contributed by atoms with E-state index in [4.69, 9.17) is 47.4 Å². The van der Waals surface area contributed by atoms with E-state index < -0.39 is 8.25 Å². The van der Waals surface area contributed by atoms with Crippen LogP contribution < -0.4 is 0 Å². The van der Waals surface area contributed by atoms with Gasteiger partial charge in [0.15, 0.2) is 0 Å². The van der Waals surface area contributed by atoms with Crippen molar-refractivity contribution in [3.8, 4) is 0 Å². The molecule has 0 aliphatic carbocycles. The topological polar surface area (TPSA) is 87.0 Å². The summed E-state index contributed by atoms with van der Waals surface area (Å²) in [6, 6.07) is 0. The van der Waals surface area contributed by atoms with Crippen LogP contribution in [0.4, 0.5) is 0 Å². The molecule has 18 heavy (non-hydrogen) atoms. The second-order valence-electron chi connectivity index (χ2n) is 3.54. The molecule has 2 atom stereocenters. The van der Waals surface area contributed by atoms with Gasteiger partial charge in [0.25, 0.3) is 0 Å². The molecule has 5 nitrogen and oxygen atoms in total. The number of alkyl halides is 2. The molecule has 0 aromatic carbocycles. The Kier molecular flexibility index (Phi) is 18.0. The summed E-state index contributed by atoms with van der Waals surface area (Å²) in [5, 5.41) is 8.62. The predicted octanol–water partition coefficient (Wildman–Crippen LogP) is 2.28. The fourth-order valence-electron chi connectivity index (χ4n) is 1.39. The molecule has 8 heteroatoms. The zero-order valence-corrected chi connectivity index (χ0v) is 12.9. The van der Waals surface area contributed by atoms with Gasteiger partial charge in [-0.05, 0) is 25.2 Å². The Labute approximate surface area is 119 Å². The molecule has 0 rings (SSSR count). The van der Waals surface area contributed by atoms with Crippen molar-refractivity contribution in [2.75, 3.05) is 25.0 Å². The minimum atomic E-state index is -2.87. The highest BCUT2D eigenvalue weighted by atomic mass is 35.5. The van der Waals surface area contributed by atoms with Gasteiger partial charge in [-0.15, -0.1) is 33.0 Å². The maximum absolute atomic E-state index is 8.70. The Morgan fingerprint density at radius 3 is 2.22 bits per heavy atom. The van der Waals surface area contributed by atoms with Crippen molar-refractivity contribution in [2.24, 2.45) is 5.92 Å². The summed E-state index contributed by atoms with van der Waals surface area (Å²) in [4.78, 5) is 14.2. The Hall–Kier alpha value is 0.520. The van der Waals surface area contributed by atoms with E-state index in [0.717, 1.165) is 12.8 Å². The highest BCUT2D eigenvalue weighted by Crippen LogP contribution is 2.18. The van der Waals surface area contributed by atoms with E-state index in [-0.39, 0.29) is 12.7 Å². The standard InChI is InChI=1S/C10H20Cl2O2.HO3P/c1-2-10(14-7-3-6-13)9(8-12)4-5-11;1-4(2)3/h9-10,13H,2-8H2,1H3;(H-,1,2,3)/p+1. The van der Waals surface area contributed by atoms with Gasteiger partial charge in [-0.2, -0.15) is 0 Å². The summed E-state index contributed by atoms with van der Waals surface area (Å²) < 4.78 is 14.3. The monoisotopic (exact) mass is 323 g/mol. The number of halogens is 2. The molecular formula is C10H22Cl2O5P+. The lowest BCUT2D eigenvalue weighted by Gasteiger charge is -2.24. The fourth-order valence-corrected chi connectivity index (χ4v) is 2.02. The van der Waals surface area contributed by atoms with Crippen LogP contribution in [0, 0.1) is 5.92 Å². The quantitative estimate of drug-likeness (QED) is 0.344. The molecule has 0 heterocycles. The van der Waals surface area contributed by atoms with Crippen LogP contribution in [0.2, 0.25) is 0 Å². The van der Waals surface area contributed by atoms with Gasteiger partial charge in [0.05, 0.1) is 6.10 Å². The molecule has 2 unspecified atom stereocenters. The van der Waals surface area contributed by atoms with Gasteiger partial charge in [0.2, 0.25) is 0 Å². The molecular weight excluding hydrogens is 302 g/mol. The van der Waals surface area contributed by atoms with Crippen LogP contribution in [-0.2, 0) is 9.30 Å². The number of hydrogen-bond donors (Lipinski definition) is 3. The molecule has 0 saturated heterocycles. The van der Waals surface area contributed by atoms with Gasteiger partial charge in [-0.1, -0.05) is 6.92 Å². The van der Waals surface area contributed by atoms with Crippen molar-refractivity contribution in [1.29, 1.82) is 0 Å². The lowest BCUT2D eigenvalue weighted by atomic mass is 9.99. The second kappa shape index (κ2) is 15.6. The van der Waals surface area contributed by atoms with Gasteiger partial charge >= 0.3 is 8.25 Å². The molecule has 0 radical (unpaired) electrons. The van der Waals surface area contributed by atoms with E-state index in [1.165, 1.54) is 0 Å². The highest BCUT2D eigenvalue weighted by Gasteiger charge is 2.18. The summed E-state index contributed by atoms with van der Waals surface area (Å²) >= 11 is 11.5. The summed E-state index contributed by atoms with van der Waals surface area (Å²) in [7, 11) is -2.87. The molecule has 0 aromatic heterocycles. The molecule has 0 saturated carbocycles. The lowest BCUT2D eigenvalue weighted by Crippen LogP contribution is -2.26. The first-order valence-corrected chi connectivity index (χ1v) is 7.96. The first-order chi connectivity index (χ1) is 8.53. The predicted molar refractivity (Wildman–Crippen MR) is 73.3 cm³/mol. The van der Waals surface area contributed by atoms with Crippen LogP contribution in [0.1, 0.15) is 26.2 Å². The van der Waals surface area contributed by atoms with Crippen LogP contribution in [-0.4, -0.2) is 46.0 Å². The number of aliphatic hydroxyl groups excluding tert-OH is 1. The van der Waals surface area contributed by atoms with Crippen LogP contribution in [0.3, 0.4) is 0 Å². The van der Waals surface area contributed by atoms with Gasteiger partial charge in [0.1, 0.15) is 0 Å². The van der Waals surface area contributed by atoms with Crippen LogP contribution in [0.5, 0.6) is 0 Å². The molecule has 0 bridgehead atoms. The fraction of sp³-hybridized carbons (Fsp3) is 1.00. The van der Waals surface area contributed by atoms with Crippen molar-refractivity contribution >= 4 is 31.5 Å². The smallest absolute Gasteiger partial charge is 0.396 e. The summed E-state index contributed by atoms with van der Waals surface area (Å²) in [6.07, 6.45) is 2.70. The van der Waals surface area contributed by atoms with E-state index in [0.29, 0.717) is 30.7 Å². The maximum atomic E-state index is 8.70. The van der Waals surface area contributed by atoms with E-state index in [1.807, 2.05) is 0 Å². The van der Waals surface area contributed by atoms with Gasteiger partial charge < -0.3 is 9.84 Å². The molecule has 0 amide bonds. The summed E-state index contributed by atoms with van der Waals surface area (Å²) in [5.74, 6) is 1.54. The van der Waals surface area contributed by atoms with E-state index >= 15 is 0 Å². The third-order valence-corrected chi connectivity index (χ3v) is 2.86. The molecule has 3 N–H and O–H groups in total. The van der Waals surface area contributed by atoms with Crippen molar-refractivity contribution < 1.29 is 24.2 Å². The van der Waals surface area contributed by atoms with Crippen molar-refractivity contribution in [2.45, 2.75) is 32.3 Å². The lowest BCUT2D eigenvalue weighted by molar-refractivity contribution is 0.00878. The van der Waals surface area contributed by atoms with Crippen molar-refractivity contribution in [3.05, 3.63) is 0 Å². The molecule has 0 fully saturated rings. The first kappa shape index (κ1) is 20.8. The summed E-state index contributed by atoms with van der Waals surface area (Å²) in [6.45, 7) is 2.86. The number of hydrogen-bond acceptors (Lipinski definition) is 3. The zero-order valence-electron chi connectivity index (χ0n) is 10.5. The Balaban J connectivity index is 0. The molecule has 0 aliphatic heterocycles. The minimum Gasteiger partial charge on any atom is -0.396 e. The Morgan fingerprint density at radius 2 is 1.89 bits per heavy atom. The first-order valence-electron chi connectivity index (χ1n) is 5.72. The van der Waals surface area contributed by atoms with Crippen molar-refractivity contribution in [3.63, 3.8) is 0 Å². The minimum absolute atomic E-state index is 0.178. The van der Waals surface area contributed by atoms with Crippen LogP contribution in [0.15, 0.2) is 0 Å². The van der Waals surface area contributed by atoms with Crippen LogP contribution >= 0.6 is 31.5 Å². The van der Waals surface area contributed by atoms with Gasteiger partial charge in [0, 0.05) is 29.5 Å². The molecule has 110 valence electrons. The third-order valence-electron chi connectivity index (χ3n) is 2.24. The Morgan fingerprint density at radius 1 is 1.33 bits per heavy atom. The van der Waals surface area contributed by atoms with Gasteiger partial charge in [-0.3, -0.25) is 0 Å². The highest BCUT2D eigenvalue weighted by molar-refractivity contribution is 7.30. The second-order valence-corrected chi connectivity index (χ2v) is 4.73. The van der Waals surface area contributed by atoms with Crippen LogP contribution in [0.25, 0.3) is 0 Å². The number of ether oxygens (including phenoxy) is 1. The van der Waals surface area contributed by atoms with Crippen molar-refractivity contribution in [1.82, 2.24) is 0 Å². The zero-order chi connectivity index (χ0) is 14.4. The Bertz CT molecular complexity index is 193. The average molecular weight is 324 g/mol. The van der Waals surface area contributed by atoms with Gasteiger partial charge in [-0.25, -0.2) is 0 Å². The maximum Gasteiger partial charge on any atom is 0.692 e. The molecule has 0 spiro atoms. The normalized spacial score (nSPS) is 13.4. The largest absolute Gasteiger partial charge is 0.692 e.